The van der Waals surface area contributed by atoms with Crippen molar-refractivity contribution in [1.82, 2.24) is 15.0 Å². The average molecular weight is 310 g/mol. The molecule has 0 saturated carbocycles. The van der Waals surface area contributed by atoms with E-state index in [0.29, 0.717) is 5.56 Å². The fraction of sp³-hybridized carbons (Fsp3) is 0.176. The van der Waals surface area contributed by atoms with Gasteiger partial charge in [-0.05, 0) is 50.2 Å². The van der Waals surface area contributed by atoms with Crippen LogP contribution in [0.25, 0.3) is 11.0 Å². The number of imidazole rings is 1. The molecule has 118 valence electrons. The number of carbonyl (C=O) groups excluding carboxylic acids is 1. The molecule has 0 aliphatic heterocycles. The van der Waals surface area contributed by atoms with E-state index in [1.54, 1.807) is 29.7 Å². The zero-order chi connectivity index (χ0) is 16.4. The van der Waals surface area contributed by atoms with Gasteiger partial charge in [-0.25, -0.2) is 10.5 Å². The second-order valence-electron chi connectivity index (χ2n) is 5.53. The fourth-order valence-corrected chi connectivity index (χ4v) is 2.55. The minimum Gasteiger partial charge on any atom is -0.326 e. The molecule has 3 aromatic rings. The van der Waals surface area contributed by atoms with Crippen molar-refractivity contribution in [1.29, 1.82) is 0 Å². The van der Waals surface area contributed by atoms with Gasteiger partial charge >= 0.3 is 0 Å². The van der Waals surface area contributed by atoms with Gasteiger partial charge in [0.2, 0.25) is 5.95 Å². The number of rotatable bonds is 4. The Hall–Kier alpha value is -2.86. The van der Waals surface area contributed by atoms with Crippen LogP contribution in [0.1, 0.15) is 30.2 Å². The Labute approximate surface area is 133 Å². The summed E-state index contributed by atoms with van der Waals surface area (Å²) >= 11 is 0. The standard InChI is InChI=1S/C17H18N4O2/c1-11(2)21-15-6-4-3-5-14(15)19-17(21)18-13-9-7-12(8-10-13)16(22)20-23/h3-11,23H,1-2H3,(H,18,19)(H,20,22). The normalized spacial score (nSPS) is 11.0. The van der Waals surface area contributed by atoms with Crippen molar-refractivity contribution >= 4 is 28.6 Å². The molecule has 1 amide bonds. The van der Waals surface area contributed by atoms with Crippen molar-refractivity contribution in [3.05, 3.63) is 54.1 Å². The first kappa shape index (κ1) is 15.1. The number of hydrogen-bond acceptors (Lipinski definition) is 4. The molecule has 0 spiro atoms. The summed E-state index contributed by atoms with van der Waals surface area (Å²) in [6, 6.07) is 15.1. The second-order valence-corrected chi connectivity index (χ2v) is 5.53. The van der Waals surface area contributed by atoms with E-state index in [1.807, 2.05) is 24.3 Å². The zero-order valence-corrected chi connectivity index (χ0v) is 12.9. The Morgan fingerprint density at radius 3 is 2.48 bits per heavy atom. The molecule has 0 aliphatic carbocycles. The van der Waals surface area contributed by atoms with Gasteiger partial charge in [0.25, 0.3) is 5.91 Å². The first-order valence-corrected chi connectivity index (χ1v) is 7.38. The molecule has 6 nitrogen and oxygen atoms in total. The van der Waals surface area contributed by atoms with Crippen LogP contribution in [0.15, 0.2) is 48.5 Å². The van der Waals surface area contributed by atoms with Crippen LogP contribution in [0, 0.1) is 0 Å². The van der Waals surface area contributed by atoms with Gasteiger partial charge in [-0.15, -0.1) is 0 Å². The smallest absolute Gasteiger partial charge is 0.274 e. The van der Waals surface area contributed by atoms with Crippen LogP contribution in [-0.2, 0) is 0 Å². The number of carbonyl (C=O) groups is 1. The molecule has 2 aromatic carbocycles. The van der Waals surface area contributed by atoms with Gasteiger partial charge in [-0.1, -0.05) is 12.1 Å². The summed E-state index contributed by atoms with van der Waals surface area (Å²) in [4.78, 5) is 16.0. The summed E-state index contributed by atoms with van der Waals surface area (Å²) in [6.07, 6.45) is 0. The minimum absolute atomic E-state index is 0.254. The number of para-hydroxylation sites is 2. The number of benzene rings is 2. The number of hydroxylamine groups is 1. The number of nitrogens with zero attached hydrogens (tertiary/aromatic N) is 2. The molecule has 0 saturated heterocycles. The minimum atomic E-state index is -0.536. The maximum atomic E-state index is 11.3. The van der Waals surface area contributed by atoms with E-state index in [4.69, 9.17) is 5.21 Å². The lowest BCUT2D eigenvalue weighted by molar-refractivity contribution is 0.0706. The molecule has 3 rings (SSSR count). The summed E-state index contributed by atoms with van der Waals surface area (Å²) in [5, 5.41) is 11.9. The van der Waals surface area contributed by atoms with E-state index >= 15 is 0 Å². The van der Waals surface area contributed by atoms with Crippen LogP contribution < -0.4 is 10.8 Å². The van der Waals surface area contributed by atoms with Crippen molar-refractivity contribution in [3.63, 3.8) is 0 Å². The van der Waals surface area contributed by atoms with E-state index < -0.39 is 5.91 Å². The Morgan fingerprint density at radius 1 is 1.13 bits per heavy atom. The zero-order valence-electron chi connectivity index (χ0n) is 12.9. The quantitative estimate of drug-likeness (QED) is 0.509. The summed E-state index contributed by atoms with van der Waals surface area (Å²) in [5.41, 5.74) is 4.82. The molecule has 0 fully saturated rings. The van der Waals surface area contributed by atoms with Gasteiger partial charge in [0.1, 0.15) is 0 Å². The Morgan fingerprint density at radius 2 is 1.83 bits per heavy atom. The number of aromatic nitrogens is 2. The summed E-state index contributed by atoms with van der Waals surface area (Å²) in [5.74, 6) is 0.214. The van der Waals surface area contributed by atoms with Gasteiger partial charge in [-0.3, -0.25) is 10.0 Å². The van der Waals surface area contributed by atoms with Crippen LogP contribution in [0.5, 0.6) is 0 Å². The van der Waals surface area contributed by atoms with Crippen molar-refractivity contribution in [2.45, 2.75) is 19.9 Å². The van der Waals surface area contributed by atoms with Gasteiger partial charge in [0.15, 0.2) is 0 Å². The van der Waals surface area contributed by atoms with Crippen LogP contribution >= 0.6 is 0 Å². The van der Waals surface area contributed by atoms with E-state index in [9.17, 15) is 4.79 Å². The first-order valence-electron chi connectivity index (χ1n) is 7.38. The largest absolute Gasteiger partial charge is 0.326 e. The lowest BCUT2D eigenvalue weighted by Crippen LogP contribution is -2.18. The third kappa shape index (κ3) is 2.89. The third-order valence-electron chi connectivity index (χ3n) is 3.62. The molecule has 1 aromatic heterocycles. The van der Waals surface area contributed by atoms with Crippen LogP contribution in [0.3, 0.4) is 0 Å². The Bertz CT molecular complexity index is 837. The molecule has 23 heavy (non-hydrogen) atoms. The predicted molar refractivity (Wildman–Crippen MR) is 89.1 cm³/mol. The number of amides is 1. The first-order chi connectivity index (χ1) is 11.1. The molecule has 0 atom stereocenters. The molecule has 0 radical (unpaired) electrons. The van der Waals surface area contributed by atoms with Crippen molar-refractivity contribution < 1.29 is 10.0 Å². The average Bonchev–Trinajstić information content (AvgIpc) is 2.92. The molecule has 0 unspecified atom stereocenters. The number of anilines is 2. The van der Waals surface area contributed by atoms with Gasteiger partial charge in [-0.2, -0.15) is 0 Å². The van der Waals surface area contributed by atoms with Crippen molar-refractivity contribution in [2.75, 3.05) is 5.32 Å². The fourth-order valence-electron chi connectivity index (χ4n) is 2.55. The van der Waals surface area contributed by atoms with Crippen molar-refractivity contribution in [2.24, 2.45) is 0 Å². The SMILES string of the molecule is CC(C)n1c(Nc2ccc(C(=O)NO)cc2)nc2ccccc21. The highest BCUT2D eigenvalue weighted by Crippen LogP contribution is 2.26. The maximum absolute atomic E-state index is 11.3. The van der Waals surface area contributed by atoms with Gasteiger partial charge < -0.3 is 9.88 Å². The van der Waals surface area contributed by atoms with E-state index in [0.717, 1.165) is 22.7 Å². The highest BCUT2D eigenvalue weighted by Gasteiger charge is 2.13. The molecule has 3 N–H and O–H groups in total. The summed E-state index contributed by atoms with van der Waals surface area (Å²) in [6.45, 7) is 4.21. The molecular weight excluding hydrogens is 292 g/mol. The predicted octanol–water partition coefficient (Wildman–Crippen LogP) is 3.48. The molecule has 0 bridgehead atoms. The highest BCUT2D eigenvalue weighted by atomic mass is 16.5. The molecule has 6 heteroatoms. The lowest BCUT2D eigenvalue weighted by atomic mass is 10.2. The van der Waals surface area contributed by atoms with Gasteiger partial charge in [0.05, 0.1) is 11.0 Å². The third-order valence-corrected chi connectivity index (χ3v) is 3.62. The van der Waals surface area contributed by atoms with Crippen LogP contribution in [0.2, 0.25) is 0 Å². The van der Waals surface area contributed by atoms with Crippen LogP contribution in [0.4, 0.5) is 11.6 Å². The number of fused-ring (bicyclic) bond motifs is 1. The van der Waals surface area contributed by atoms with Gasteiger partial charge in [0, 0.05) is 17.3 Å². The lowest BCUT2D eigenvalue weighted by Gasteiger charge is -2.14. The topological polar surface area (TPSA) is 79.2 Å². The monoisotopic (exact) mass is 310 g/mol. The molecular formula is C17H18N4O2. The van der Waals surface area contributed by atoms with E-state index in [-0.39, 0.29) is 6.04 Å². The maximum Gasteiger partial charge on any atom is 0.274 e. The Kier molecular flexibility index (Phi) is 3.99. The van der Waals surface area contributed by atoms with Crippen molar-refractivity contribution in [3.8, 4) is 0 Å². The van der Waals surface area contributed by atoms with E-state index in [2.05, 4.69) is 28.7 Å². The summed E-state index contributed by atoms with van der Waals surface area (Å²) in [7, 11) is 0. The second kappa shape index (κ2) is 6.10. The highest BCUT2D eigenvalue weighted by molar-refractivity contribution is 5.93. The number of nitrogens with one attached hydrogen (secondary N) is 2. The summed E-state index contributed by atoms with van der Waals surface area (Å²) < 4.78 is 2.13. The van der Waals surface area contributed by atoms with E-state index in [1.165, 1.54) is 0 Å². The number of hydrogen-bond donors (Lipinski definition) is 3. The Balaban J connectivity index is 1.95. The van der Waals surface area contributed by atoms with Crippen LogP contribution in [-0.4, -0.2) is 20.7 Å². The molecule has 1 heterocycles. The molecule has 0 aliphatic rings.